The van der Waals surface area contributed by atoms with Crippen LogP contribution in [0, 0.1) is 10.1 Å². The molecular formula is C21H24N4O5. The Labute approximate surface area is 174 Å². The van der Waals surface area contributed by atoms with Gasteiger partial charge in [-0.25, -0.2) is 4.79 Å². The summed E-state index contributed by atoms with van der Waals surface area (Å²) in [4.78, 5) is 36.9. The van der Waals surface area contributed by atoms with Crippen LogP contribution in [-0.2, 0) is 0 Å². The highest BCUT2D eigenvalue weighted by Gasteiger charge is 2.24. The number of nitrogens with one attached hydrogen (secondary N) is 2. The van der Waals surface area contributed by atoms with Gasteiger partial charge in [-0.2, -0.15) is 0 Å². The average Bonchev–Trinajstić information content (AvgIpc) is 2.76. The van der Waals surface area contributed by atoms with Crippen LogP contribution in [0.1, 0.15) is 30.1 Å². The highest BCUT2D eigenvalue weighted by molar-refractivity contribution is 5.95. The number of hydrogen-bond acceptors (Lipinski definition) is 5. The Balaban J connectivity index is 1.48. The molecule has 1 saturated heterocycles. The molecule has 9 heteroatoms. The maximum atomic E-state index is 12.5. The monoisotopic (exact) mass is 412 g/mol. The van der Waals surface area contributed by atoms with E-state index < -0.39 is 4.92 Å². The number of rotatable bonds is 6. The van der Waals surface area contributed by atoms with Gasteiger partial charge in [0.25, 0.3) is 11.6 Å². The molecule has 1 aliphatic rings. The first-order valence-corrected chi connectivity index (χ1v) is 9.80. The lowest BCUT2D eigenvalue weighted by Gasteiger charge is -2.32. The third-order valence-electron chi connectivity index (χ3n) is 4.85. The summed E-state index contributed by atoms with van der Waals surface area (Å²) in [6, 6.07) is 12.5. The third-order valence-corrected chi connectivity index (χ3v) is 4.85. The van der Waals surface area contributed by atoms with E-state index in [1.165, 1.54) is 18.2 Å². The zero-order valence-corrected chi connectivity index (χ0v) is 16.7. The highest BCUT2D eigenvalue weighted by atomic mass is 16.6. The number of nitro groups is 1. The van der Waals surface area contributed by atoms with Gasteiger partial charge >= 0.3 is 6.03 Å². The van der Waals surface area contributed by atoms with E-state index in [2.05, 4.69) is 10.6 Å². The summed E-state index contributed by atoms with van der Waals surface area (Å²) in [5, 5.41) is 16.6. The maximum Gasteiger partial charge on any atom is 0.321 e. The lowest BCUT2D eigenvalue weighted by molar-refractivity contribution is -0.384. The third kappa shape index (κ3) is 5.47. The Bertz CT molecular complexity index is 908. The minimum absolute atomic E-state index is 0.0914. The number of ether oxygens (including phenoxy) is 1. The molecule has 1 aliphatic heterocycles. The molecular weight excluding hydrogens is 388 g/mol. The van der Waals surface area contributed by atoms with Crippen LogP contribution in [0.4, 0.5) is 16.2 Å². The van der Waals surface area contributed by atoms with Crippen LogP contribution in [0.2, 0.25) is 0 Å². The molecule has 0 spiro atoms. The molecule has 9 nitrogen and oxygen atoms in total. The summed E-state index contributed by atoms with van der Waals surface area (Å²) in [6.45, 7) is 3.50. The van der Waals surface area contributed by atoms with Crippen molar-refractivity contribution in [3.05, 3.63) is 64.2 Å². The molecule has 1 heterocycles. The van der Waals surface area contributed by atoms with E-state index in [1.54, 1.807) is 35.2 Å². The lowest BCUT2D eigenvalue weighted by Crippen LogP contribution is -2.47. The summed E-state index contributed by atoms with van der Waals surface area (Å²) < 4.78 is 5.38. The van der Waals surface area contributed by atoms with Crippen molar-refractivity contribution in [1.82, 2.24) is 10.2 Å². The number of nitrogens with zero attached hydrogens (tertiary/aromatic N) is 2. The molecule has 1 fully saturated rings. The van der Waals surface area contributed by atoms with E-state index in [0.29, 0.717) is 38.2 Å². The van der Waals surface area contributed by atoms with Crippen molar-refractivity contribution < 1.29 is 19.2 Å². The molecule has 0 atom stereocenters. The fourth-order valence-corrected chi connectivity index (χ4v) is 3.26. The summed E-state index contributed by atoms with van der Waals surface area (Å²) >= 11 is 0. The predicted octanol–water partition coefficient (Wildman–Crippen LogP) is 3.42. The second-order valence-corrected chi connectivity index (χ2v) is 6.93. The standard InChI is InChI=1S/C21H24N4O5/c1-2-30-19-8-6-16(7-9-19)23-21(27)24-12-10-17(11-13-24)22-20(26)15-4-3-5-18(14-15)25(28)29/h3-9,14,17H,2,10-13H2,1H3,(H,22,26)(H,23,27). The Morgan fingerprint density at radius 3 is 2.50 bits per heavy atom. The van der Waals surface area contributed by atoms with Crippen LogP contribution in [0.25, 0.3) is 0 Å². The van der Waals surface area contributed by atoms with Gasteiger partial charge in [-0.15, -0.1) is 0 Å². The molecule has 2 aromatic carbocycles. The van der Waals surface area contributed by atoms with E-state index >= 15 is 0 Å². The number of anilines is 1. The van der Waals surface area contributed by atoms with Gasteiger partial charge in [-0.1, -0.05) is 6.07 Å². The molecule has 2 aromatic rings. The Kier molecular flexibility index (Phi) is 6.84. The number of hydrogen-bond donors (Lipinski definition) is 2. The van der Waals surface area contributed by atoms with E-state index in [0.717, 1.165) is 5.75 Å². The van der Waals surface area contributed by atoms with Gasteiger partial charge in [0.15, 0.2) is 0 Å². The van der Waals surface area contributed by atoms with Crippen LogP contribution in [0.3, 0.4) is 0 Å². The molecule has 0 bridgehead atoms. The van der Waals surface area contributed by atoms with Crippen LogP contribution >= 0.6 is 0 Å². The number of benzene rings is 2. The first kappa shape index (κ1) is 21.1. The molecule has 30 heavy (non-hydrogen) atoms. The quantitative estimate of drug-likeness (QED) is 0.557. The predicted molar refractivity (Wildman–Crippen MR) is 112 cm³/mol. The van der Waals surface area contributed by atoms with Crippen LogP contribution in [0.15, 0.2) is 48.5 Å². The topological polar surface area (TPSA) is 114 Å². The number of carbonyl (C=O) groups excluding carboxylic acids is 2. The number of non-ortho nitro benzene ring substituents is 1. The summed E-state index contributed by atoms with van der Waals surface area (Å²) in [5.41, 5.74) is 0.813. The maximum absolute atomic E-state index is 12.5. The minimum Gasteiger partial charge on any atom is -0.494 e. The molecule has 2 N–H and O–H groups in total. The Hall–Kier alpha value is -3.62. The molecule has 0 aliphatic carbocycles. The number of nitro benzene ring substituents is 1. The molecule has 3 amide bonds. The van der Waals surface area contributed by atoms with Gasteiger partial charge in [0.05, 0.1) is 11.5 Å². The van der Waals surface area contributed by atoms with Crippen molar-refractivity contribution in [3.63, 3.8) is 0 Å². The first-order valence-electron chi connectivity index (χ1n) is 9.80. The normalized spacial score (nSPS) is 14.1. The van der Waals surface area contributed by atoms with Crippen molar-refractivity contribution in [2.75, 3.05) is 25.0 Å². The molecule has 0 aromatic heterocycles. The molecule has 0 saturated carbocycles. The number of piperidine rings is 1. The average molecular weight is 412 g/mol. The van der Waals surface area contributed by atoms with E-state index in [-0.39, 0.29) is 29.2 Å². The van der Waals surface area contributed by atoms with Crippen molar-refractivity contribution in [3.8, 4) is 5.75 Å². The van der Waals surface area contributed by atoms with Gasteiger partial charge in [-0.05, 0) is 50.1 Å². The smallest absolute Gasteiger partial charge is 0.321 e. The van der Waals surface area contributed by atoms with Crippen LogP contribution < -0.4 is 15.4 Å². The zero-order chi connectivity index (χ0) is 21.5. The van der Waals surface area contributed by atoms with Crippen LogP contribution in [-0.4, -0.2) is 47.5 Å². The number of urea groups is 1. The highest BCUT2D eigenvalue weighted by Crippen LogP contribution is 2.18. The zero-order valence-electron chi connectivity index (χ0n) is 16.7. The Morgan fingerprint density at radius 2 is 1.87 bits per heavy atom. The summed E-state index contributed by atoms with van der Waals surface area (Å²) in [5.74, 6) is 0.395. The molecule has 3 rings (SSSR count). The summed E-state index contributed by atoms with van der Waals surface area (Å²) in [6.07, 6.45) is 1.22. The van der Waals surface area contributed by atoms with Gasteiger partial charge in [0.2, 0.25) is 0 Å². The van der Waals surface area contributed by atoms with Gasteiger partial charge in [-0.3, -0.25) is 14.9 Å². The second kappa shape index (κ2) is 9.73. The SMILES string of the molecule is CCOc1ccc(NC(=O)N2CCC(NC(=O)c3cccc([N+](=O)[O-])c3)CC2)cc1. The van der Waals surface area contributed by atoms with Crippen molar-refractivity contribution in [2.24, 2.45) is 0 Å². The lowest BCUT2D eigenvalue weighted by atomic mass is 10.0. The van der Waals surface area contributed by atoms with Gasteiger partial charge in [0, 0.05) is 42.5 Å². The Morgan fingerprint density at radius 1 is 1.17 bits per heavy atom. The van der Waals surface area contributed by atoms with Crippen molar-refractivity contribution in [1.29, 1.82) is 0 Å². The fourth-order valence-electron chi connectivity index (χ4n) is 3.26. The van der Waals surface area contributed by atoms with Crippen molar-refractivity contribution in [2.45, 2.75) is 25.8 Å². The van der Waals surface area contributed by atoms with Crippen LogP contribution in [0.5, 0.6) is 5.75 Å². The molecule has 0 unspecified atom stereocenters. The molecule has 158 valence electrons. The second-order valence-electron chi connectivity index (χ2n) is 6.93. The minimum atomic E-state index is -0.530. The fraction of sp³-hybridized carbons (Fsp3) is 0.333. The van der Waals surface area contributed by atoms with E-state index in [1.807, 2.05) is 6.92 Å². The number of likely N-dealkylation sites (tertiary alicyclic amines) is 1. The summed E-state index contributed by atoms with van der Waals surface area (Å²) in [7, 11) is 0. The van der Waals surface area contributed by atoms with E-state index in [9.17, 15) is 19.7 Å². The number of amides is 3. The first-order chi connectivity index (χ1) is 14.5. The van der Waals surface area contributed by atoms with E-state index in [4.69, 9.17) is 4.74 Å². The van der Waals surface area contributed by atoms with Gasteiger partial charge in [0.1, 0.15) is 5.75 Å². The number of carbonyl (C=O) groups is 2. The van der Waals surface area contributed by atoms with Crippen molar-refractivity contribution >= 4 is 23.3 Å². The van der Waals surface area contributed by atoms with Gasteiger partial charge < -0.3 is 20.3 Å². The largest absolute Gasteiger partial charge is 0.494 e. The molecule has 0 radical (unpaired) electrons.